The van der Waals surface area contributed by atoms with Crippen molar-refractivity contribution in [2.45, 2.75) is 12.8 Å². The number of nitrogens with zero attached hydrogens (tertiary/aromatic N) is 1. The second kappa shape index (κ2) is 6.33. The third-order valence-corrected chi connectivity index (χ3v) is 4.03. The molecule has 0 bridgehead atoms. The number of benzene rings is 2. The van der Waals surface area contributed by atoms with E-state index in [9.17, 15) is 10.1 Å². The molecular weight excluding hydrogens is 284 g/mol. The van der Waals surface area contributed by atoms with Gasteiger partial charge in [-0.15, -0.1) is 0 Å². The van der Waals surface area contributed by atoms with Gasteiger partial charge in [-0.2, -0.15) is 5.26 Å². The Hall–Kier alpha value is -3.12. The molecule has 3 aromatic rings. The summed E-state index contributed by atoms with van der Waals surface area (Å²) in [6, 6.07) is 23.5. The maximum absolute atomic E-state index is 12.3. The number of nitrogens with one attached hydrogen (secondary N) is 1. The van der Waals surface area contributed by atoms with Crippen LogP contribution in [0.3, 0.4) is 0 Å². The Bertz CT molecular complexity index is 906. The SMILES string of the molecule is CC(c1ccccc1)c1cc(-c2ccccc2)[nH]c(=O)c1C#N. The lowest BCUT2D eigenvalue weighted by Crippen LogP contribution is -2.16. The van der Waals surface area contributed by atoms with E-state index in [1.165, 1.54) is 0 Å². The summed E-state index contributed by atoms with van der Waals surface area (Å²) < 4.78 is 0. The van der Waals surface area contributed by atoms with E-state index in [-0.39, 0.29) is 17.0 Å². The van der Waals surface area contributed by atoms with E-state index in [1.54, 1.807) is 0 Å². The first kappa shape index (κ1) is 14.8. The third kappa shape index (κ3) is 2.93. The quantitative estimate of drug-likeness (QED) is 0.793. The van der Waals surface area contributed by atoms with Gasteiger partial charge in [-0.25, -0.2) is 0 Å². The van der Waals surface area contributed by atoms with Gasteiger partial charge < -0.3 is 4.98 Å². The van der Waals surface area contributed by atoms with Crippen molar-refractivity contribution in [2.75, 3.05) is 0 Å². The molecule has 0 aliphatic heterocycles. The molecule has 0 saturated heterocycles. The Kier molecular flexibility index (Phi) is 4.07. The summed E-state index contributed by atoms with van der Waals surface area (Å²) in [4.78, 5) is 15.1. The minimum absolute atomic E-state index is 0.0318. The minimum Gasteiger partial charge on any atom is -0.321 e. The Labute approximate surface area is 134 Å². The fourth-order valence-corrected chi connectivity index (χ4v) is 2.73. The zero-order valence-corrected chi connectivity index (χ0v) is 12.8. The molecule has 0 aliphatic rings. The molecule has 3 heteroatoms. The average Bonchev–Trinajstić information content (AvgIpc) is 2.62. The van der Waals surface area contributed by atoms with Crippen LogP contribution in [-0.2, 0) is 0 Å². The average molecular weight is 300 g/mol. The van der Waals surface area contributed by atoms with Gasteiger partial charge in [0.15, 0.2) is 0 Å². The van der Waals surface area contributed by atoms with Crippen LogP contribution >= 0.6 is 0 Å². The molecule has 1 N–H and O–H groups in total. The summed E-state index contributed by atoms with van der Waals surface area (Å²) in [5.74, 6) is -0.0318. The summed E-state index contributed by atoms with van der Waals surface area (Å²) in [5.41, 5.74) is 3.32. The molecule has 1 unspecified atom stereocenters. The number of hydrogen-bond acceptors (Lipinski definition) is 2. The van der Waals surface area contributed by atoms with Crippen LogP contribution in [0, 0.1) is 11.3 Å². The Balaban J connectivity index is 2.18. The first-order chi connectivity index (χ1) is 11.2. The molecule has 23 heavy (non-hydrogen) atoms. The van der Waals surface area contributed by atoms with E-state index in [2.05, 4.69) is 4.98 Å². The molecule has 0 amide bonds. The number of rotatable bonds is 3. The van der Waals surface area contributed by atoms with Crippen molar-refractivity contribution in [2.24, 2.45) is 0 Å². The second-order valence-electron chi connectivity index (χ2n) is 5.45. The van der Waals surface area contributed by atoms with Gasteiger partial charge in [0.25, 0.3) is 5.56 Å². The van der Waals surface area contributed by atoms with Crippen LogP contribution in [0.2, 0.25) is 0 Å². The van der Waals surface area contributed by atoms with E-state index in [4.69, 9.17) is 0 Å². The lowest BCUT2D eigenvalue weighted by Gasteiger charge is -2.15. The van der Waals surface area contributed by atoms with Crippen molar-refractivity contribution < 1.29 is 0 Å². The topological polar surface area (TPSA) is 56.6 Å². The first-order valence-electron chi connectivity index (χ1n) is 7.48. The molecule has 3 rings (SSSR count). The number of H-pyrrole nitrogens is 1. The Morgan fingerprint density at radius 2 is 1.61 bits per heavy atom. The Morgan fingerprint density at radius 1 is 1.00 bits per heavy atom. The van der Waals surface area contributed by atoms with Gasteiger partial charge in [-0.1, -0.05) is 67.6 Å². The van der Waals surface area contributed by atoms with Crippen molar-refractivity contribution in [1.29, 1.82) is 5.26 Å². The predicted octanol–water partition coefficient (Wildman–Crippen LogP) is 4.07. The molecule has 0 radical (unpaired) electrons. The minimum atomic E-state index is -0.341. The van der Waals surface area contributed by atoms with Crippen molar-refractivity contribution in [1.82, 2.24) is 4.98 Å². The molecule has 0 saturated carbocycles. The summed E-state index contributed by atoms with van der Waals surface area (Å²) >= 11 is 0. The molecule has 1 aromatic heterocycles. The maximum atomic E-state index is 12.3. The molecular formula is C20H16N2O. The van der Waals surface area contributed by atoms with Crippen molar-refractivity contribution >= 4 is 0 Å². The van der Waals surface area contributed by atoms with Gasteiger partial charge >= 0.3 is 0 Å². The Morgan fingerprint density at radius 3 is 2.22 bits per heavy atom. The van der Waals surface area contributed by atoms with Crippen molar-refractivity contribution in [3.63, 3.8) is 0 Å². The van der Waals surface area contributed by atoms with Gasteiger partial charge in [0.2, 0.25) is 0 Å². The van der Waals surface area contributed by atoms with Crippen molar-refractivity contribution in [3.8, 4) is 17.3 Å². The zero-order chi connectivity index (χ0) is 16.2. The molecule has 2 aromatic carbocycles. The molecule has 1 heterocycles. The molecule has 0 aliphatic carbocycles. The van der Waals surface area contributed by atoms with Gasteiger partial charge in [0.1, 0.15) is 11.6 Å². The molecule has 1 atom stereocenters. The number of pyridine rings is 1. The monoisotopic (exact) mass is 300 g/mol. The maximum Gasteiger partial charge on any atom is 0.266 e. The number of nitriles is 1. The van der Waals surface area contributed by atoms with Crippen LogP contribution in [-0.4, -0.2) is 4.98 Å². The highest BCUT2D eigenvalue weighted by Gasteiger charge is 2.17. The van der Waals surface area contributed by atoms with Gasteiger partial charge in [-0.05, 0) is 22.8 Å². The standard InChI is InChI=1S/C20H16N2O/c1-14(15-8-4-2-5-9-15)17-12-19(16-10-6-3-7-11-16)22-20(23)18(17)13-21/h2-12,14H,1H3,(H,22,23). The van der Waals surface area contributed by atoms with E-state index in [0.717, 1.165) is 22.4 Å². The zero-order valence-electron chi connectivity index (χ0n) is 12.8. The van der Waals surface area contributed by atoms with Crippen LogP contribution < -0.4 is 5.56 Å². The number of aromatic amines is 1. The van der Waals surface area contributed by atoms with Crippen LogP contribution in [0.5, 0.6) is 0 Å². The van der Waals surface area contributed by atoms with Gasteiger partial charge in [0.05, 0.1) is 0 Å². The fourth-order valence-electron chi connectivity index (χ4n) is 2.73. The highest BCUT2D eigenvalue weighted by atomic mass is 16.1. The van der Waals surface area contributed by atoms with E-state index in [0.29, 0.717) is 0 Å². The third-order valence-electron chi connectivity index (χ3n) is 4.03. The second-order valence-corrected chi connectivity index (χ2v) is 5.45. The van der Waals surface area contributed by atoms with Gasteiger partial charge in [-0.3, -0.25) is 4.79 Å². The largest absolute Gasteiger partial charge is 0.321 e. The normalized spacial score (nSPS) is 11.7. The van der Waals surface area contributed by atoms with Gasteiger partial charge in [0, 0.05) is 11.6 Å². The summed E-state index contributed by atoms with van der Waals surface area (Å²) in [6.07, 6.45) is 0. The summed E-state index contributed by atoms with van der Waals surface area (Å²) in [6.45, 7) is 2.01. The highest BCUT2D eigenvalue weighted by Crippen LogP contribution is 2.28. The van der Waals surface area contributed by atoms with E-state index < -0.39 is 0 Å². The van der Waals surface area contributed by atoms with Crippen LogP contribution in [0.4, 0.5) is 0 Å². The molecule has 0 spiro atoms. The fraction of sp³-hybridized carbons (Fsp3) is 0.100. The lowest BCUT2D eigenvalue weighted by atomic mass is 9.89. The summed E-state index contributed by atoms with van der Waals surface area (Å²) in [5, 5.41) is 9.39. The van der Waals surface area contributed by atoms with Crippen molar-refractivity contribution in [3.05, 3.63) is 93.8 Å². The smallest absolute Gasteiger partial charge is 0.266 e. The number of aromatic nitrogens is 1. The van der Waals surface area contributed by atoms with Crippen LogP contribution in [0.25, 0.3) is 11.3 Å². The van der Waals surface area contributed by atoms with E-state index >= 15 is 0 Å². The molecule has 3 nitrogen and oxygen atoms in total. The number of hydrogen-bond donors (Lipinski definition) is 1. The molecule has 112 valence electrons. The summed E-state index contributed by atoms with van der Waals surface area (Å²) in [7, 11) is 0. The first-order valence-corrected chi connectivity index (χ1v) is 7.48. The highest BCUT2D eigenvalue weighted by molar-refractivity contribution is 5.61. The predicted molar refractivity (Wildman–Crippen MR) is 91.2 cm³/mol. The van der Waals surface area contributed by atoms with Crippen LogP contribution in [0.15, 0.2) is 71.5 Å². The van der Waals surface area contributed by atoms with Crippen LogP contribution in [0.1, 0.15) is 29.5 Å². The lowest BCUT2D eigenvalue weighted by molar-refractivity contribution is 0.907. The molecule has 0 fully saturated rings. The van der Waals surface area contributed by atoms with E-state index in [1.807, 2.05) is 79.7 Å².